The summed E-state index contributed by atoms with van der Waals surface area (Å²) in [5, 5.41) is 5.70. The van der Waals surface area contributed by atoms with E-state index in [0.717, 1.165) is 6.42 Å². The van der Waals surface area contributed by atoms with Gasteiger partial charge in [0.1, 0.15) is 0 Å². The molecule has 3 unspecified atom stereocenters. The Morgan fingerprint density at radius 1 is 1.44 bits per heavy atom. The van der Waals surface area contributed by atoms with Gasteiger partial charge >= 0.3 is 6.03 Å². The van der Waals surface area contributed by atoms with E-state index in [4.69, 9.17) is 5.73 Å². The van der Waals surface area contributed by atoms with Crippen LogP contribution in [0.25, 0.3) is 0 Å². The minimum atomic E-state index is -0.205. The van der Waals surface area contributed by atoms with Gasteiger partial charge in [0.25, 0.3) is 0 Å². The van der Waals surface area contributed by atoms with E-state index in [1.54, 1.807) is 4.90 Å². The van der Waals surface area contributed by atoms with Crippen LogP contribution in [-0.2, 0) is 4.79 Å². The van der Waals surface area contributed by atoms with Gasteiger partial charge in [0.05, 0.1) is 0 Å². The second-order valence-electron chi connectivity index (χ2n) is 4.92. The van der Waals surface area contributed by atoms with Gasteiger partial charge in [-0.1, -0.05) is 6.92 Å². The number of amides is 3. The first-order valence-electron chi connectivity index (χ1n) is 6.54. The lowest BCUT2D eigenvalue weighted by molar-refractivity contribution is -0.125. The van der Waals surface area contributed by atoms with Crippen LogP contribution in [0.5, 0.6) is 0 Å². The zero-order valence-electron chi connectivity index (χ0n) is 11.4. The summed E-state index contributed by atoms with van der Waals surface area (Å²) in [7, 11) is 0. The van der Waals surface area contributed by atoms with E-state index in [9.17, 15) is 9.59 Å². The molecule has 0 aliphatic carbocycles. The van der Waals surface area contributed by atoms with Crippen LogP contribution in [0.15, 0.2) is 0 Å². The molecule has 0 aromatic carbocycles. The predicted molar refractivity (Wildman–Crippen MR) is 70.0 cm³/mol. The minimum Gasteiger partial charge on any atom is -0.351 e. The maximum absolute atomic E-state index is 11.8. The third-order valence-electron chi connectivity index (χ3n) is 3.35. The number of nitrogens with one attached hydrogen (secondary N) is 2. The topological polar surface area (TPSA) is 87.5 Å². The average molecular weight is 256 g/mol. The first-order valence-corrected chi connectivity index (χ1v) is 6.54. The molecule has 0 radical (unpaired) electrons. The summed E-state index contributed by atoms with van der Waals surface area (Å²) >= 11 is 0. The zero-order chi connectivity index (χ0) is 13.7. The number of nitrogens with two attached hydrogens (primary N) is 1. The van der Waals surface area contributed by atoms with Gasteiger partial charge in [-0.15, -0.1) is 0 Å². The summed E-state index contributed by atoms with van der Waals surface area (Å²) in [6.45, 7) is 7.40. The normalized spacial score (nSPS) is 22.4. The van der Waals surface area contributed by atoms with Crippen LogP contribution in [0.1, 0.15) is 27.2 Å². The molecule has 0 aromatic rings. The molecule has 6 nitrogen and oxygen atoms in total. The molecular weight excluding hydrogens is 232 g/mol. The molecule has 0 saturated carbocycles. The maximum Gasteiger partial charge on any atom is 0.317 e. The highest BCUT2D eigenvalue weighted by Crippen LogP contribution is 2.10. The summed E-state index contributed by atoms with van der Waals surface area (Å²) in [6, 6.07) is -0.179. The standard InChI is InChI=1S/C12H24N4O2/c1-4-14-12(18)16-6-5-10(7-16)15-11(17)8(2)9(3)13/h8-10H,4-7,13H2,1-3H3,(H,14,18)(H,15,17). The van der Waals surface area contributed by atoms with Gasteiger partial charge in [-0.3, -0.25) is 4.79 Å². The van der Waals surface area contributed by atoms with E-state index in [0.29, 0.717) is 19.6 Å². The van der Waals surface area contributed by atoms with E-state index in [1.807, 2.05) is 20.8 Å². The molecule has 3 amide bonds. The summed E-state index contributed by atoms with van der Waals surface area (Å²) in [5.74, 6) is -0.240. The molecule has 4 N–H and O–H groups in total. The fraction of sp³-hybridized carbons (Fsp3) is 0.833. The first kappa shape index (κ1) is 14.8. The Hall–Kier alpha value is -1.30. The lowest BCUT2D eigenvalue weighted by Crippen LogP contribution is -2.45. The predicted octanol–water partition coefficient (Wildman–Crippen LogP) is -0.110. The van der Waals surface area contributed by atoms with Gasteiger partial charge in [-0.05, 0) is 20.3 Å². The van der Waals surface area contributed by atoms with Crippen LogP contribution < -0.4 is 16.4 Å². The largest absolute Gasteiger partial charge is 0.351 e. The SMILES string of the molecule is CCNC(=O)N1CCC(NC(=O)C(C)C(C)N)C1. The molecule has 18 heavy (non-hydrogen) atoms. The molecule has 6 heteroatoms. The molecule has 1 heterocycles. The molecule has 0 spiro atoms. The number of likely N-dealkylation sites (tertiary alicyclic amines) is 1. The van der Waals surface area contributed by atoms with Crippen LogP contribution >= 0.6 is 0 Å². The molecule has 0 bridgehead atoms. The van der Waals surface area contributed by atoms with Crippen molar-refractivity contribution in [1.29, 1.82) is 0 Å². The lowest BCUT2D eigenvalue weighted by Gasteiger charge is -2.20. The van der Waals surface area contributed by atoms with Crippen molar-refractivity contribution in [3.05, 3.63) is 0 Å². The van der Waals surface area contributed by atoms with Crippen molar-refractivity contribution in [2.75, 3.05) is 19.6 Å². The molecule has 3 atom stereocenters. The van der Waals surface area contributed by atoms with Crippen molar-refractivity contribution in [2.24, 2.45) is 11.7 Å². The summed E-state index contributed by atoms with van der Waals surface area (Å²) < 4.78 is 0. The second kappa shape index (κ2) is 6.58. The summed E-state index contributed by atoms with van der Waals surface area (Å²) in [4.78, 5) is 25.2. The zero-order valence-corrected chi connectivity index (χ0v) is 11.4. The van der Waals surface area contributed by atoms with Crippen LogP contribution in [0.4, 0.5) is 4.79 Å². The van der Waals surface area contributed by atoms with Gasteiger partial charge in [-0.25, -0.2) is 4.79 Å². The molecule has 104 valence electrons. The molecule has 1 fully saturated rings. The van der Waals surface area contributed by atoms with E-state index in [-0.39, 0.29) is 29.9 Å². The molecular formula is C12H24N4O2. The van der Waals surface area contributed by atoms with Crippen molar-refractivity contribution in [3.63, 3.8) is 0 Å². The molecule has 1 rings (SSSR count). The molecule has 1 aliphatic rings. The Balaban J connectivity index is 2.39. The number of carbonyl (C=O) groups is 2. The third-order valence-corrected chi connectivity index (χ3v) is 3.35. The van der Waals surface area contributed by atoms with Crippen molar-refractivity contribution >= 4 is 11.9 Å². The Bertz CT molecular complexity index is 306. The van der Waals surface area contributed by atoms with Gasteiger partial charge in [-0.2, -0.15) is 0 Å². The maximum atomic E-state index is 11.8. The van der Waals surface area contributed by atoms with Crippen LogP contribution in [0, 0.1) is 5.92 Å². The first-order chi connectivity index (χ1) is 8.45. The Kier molecular flexibility index (Phi) is 5.40. The number of urea groups is 1. The molecule has 1 saturated heterocycles. The Labute approximate surface area is 108 Å². The summed E-state index contributed by atoms with van der Waals surface area (Å²) in [5.41, 5.74) is 5.69. The average Bonchev–Trinajstić information content (AvgIpc) is 2.76. The number of hydrogen-bond donors (Lipinski definition) is 3. The van der Waals surface area contributed by atoms with Gasteiger partial charge in [0, 0.05) is 37.6 Å². The minimum absolute atomic E-state index is 0.0345. The number of rotatable bonds is 4. The third kappa shape index (κ3) is 3.87. The second-order valence-corrected chi connectivity index (χ2v) is 4.92. The highest BCUT2D eigenvalue weighted by molar-refractivity contribution is 5.79. The van der Waals surface area contributed by atoms with Gasteiger partial charge in [0.2, 0.25) is 5.91 Å². The van der Waals surface area contributed by atoms with E-state index in [2.05, 4.69) is 10.6 Å². The van der Waals surface area contributed by atoms with Crippen LogP contribution in [-0.4, -0.2) is 48.6 Å². The van der Waals surface area contributed by atoms with E-state index in [1.165, 1.54) is 0 Å². The van der Waals surface area contributed by atoms with Crippen LogP contribution in [0.2, 0.25) is 0 Å². The smallest absolute Gasteiger partial charge is 0.317 e. The summed E-state index contributed by atoms with van der Waals surface area (Å²) in [6.07, 6.45) is 0.800. The van der Waals surface area contributed by atoms with Gasteiger partial charge < -0.3 is 21.3 Å². The molecule has 1 aliphatic heterocycles. The fourth-order valence-electron chi connectivity index (χ4n) is 1.90. The Morgan fingerprint density at radius 2 is 2.11 bits per heavy atom. The van der Waals surface area contributed by atoms with Crippen molar-refractivity contribution in [1.82, 2.24) is 15.5 Å². The van der Waals surface area contributed by atoms with Gasteiger partial charge in [0.15, 0.2) is 0 Å². The highest BCUT2D eigenvalue weighted by Gasteiger charge is 2.28. The quantitative estimate of drug-likeness (QED) is 0.656. The van der Waals surface area contributed by atoms with E-state index < -0.39 is 0 Å². The monoisotopic (exact) mass is 256 g/mol. The molecule has 0 aromatic heterocycles. The number of hydrogen-bond acceptors (Lipinski definition) is 3. The lowest BCUT2D eigenvalue weighted by atomic mass is 10.0. The van der Waals surface area contributed by atoms with Crippen molar-refractivity contribution in [2.45, 2.75) is 39.3 Å². The highest BCUT2D eigenvalue weighted by atomic mass is 16.2. The fourth-order valence-corrected chi connectivity index (χ4v) is 1.90. The van der Waals surface area contributed by atoms with Crippen molar-refractivity contribution < 1.29 is 9.59 Å². The number of carbonyl (C=O) groups excluding carboxylic acids is 2. The van der Waals surface area contributed by atoms with Crippen LogP contribution in [0.3, 0.4) is 0 Å². The Morgan fingerprint density at radius 3 is 2.67 bits per heavy atom. The number of nitrogens with zero attached hydrogens (tertiary/aromatic N) is 1. The van der Waals surface area contributed by atoms with Crippen molar-refractivity contribution in [3.8, 4) is 0 Å². The van der Waals surface area contributed by atoms with E-state index >= 15 is 0 Å².